The van der Waals surface area contributed by atoms with Crippen LogP contribution < -0.4 is 0 Å². The second-order valence-electron chi connectivity index (χ2n) is 6.08. The van der Waals surface area contributed by atoms with Crippen molar-refractivity contribution in [3.8, 4) is 0 Å². The van der Waals surface area contributed by atoms with Gasteiger partial charge in [0.05, 0.1) is 11.9 Å². The van der Waals surface area contributed by atoms with Crippen molar-refractivity contribution in [3.05, 3.63) is 42.4 Å². The summed E-state index contributed by atoms with van der Waals surface area (Å²) in [4.78, 5) is 9.41. The van der Waals surface area contributed by atoms with Gasteiger partial charge in [-0.1, -0.05) is 32.4 Å². The van der Waals surface area contributed by atoms with Crippen LogP contribution in [0.1, 0.15) is 37.4 Å². The van der Waals surface area contributed by atoms with Crippen molar-refractivity contribution in [1.82, 2.24) is 20.0 Å². The number of aliphatic imine (C=N–C) groups is 1. The summed E-state index contributed by atoms with van der Waals surface area (Å²) < 4.78 is 0. The van der Waals surface area contributed by atoms with E-state index in [2.05, 4.69) is 52.7 Å². The third-order valence-electron chi connectivity index (χ3n) is 4.18. The first kappa shape index (κ1) is 18.2. The maximum absolute atomic E-state index is 4.70. The minimum atomic E-state index is 0.918. The van der Waals surface area contributed by atoms with Gasteiger partial charge in [-0.2, -0.15) is 5.10 Å². The van der Waals surface area contributed by atoms with E-state index in [-0.39, 0.29) is 0 Å². The van der Waals surface area contributed by atoms with Crippen LogP contribution in [-0.2, 0) is 0 Å². The zero-order valence-electron chi connectivity index (χ0n) is 14.9. The SMILES string of the molecule is C=Cc1[nH]ncc1/C=C/N=C(/C=C/CCCC)N1CCN(C)CC1. The first-order valence-electron chi connectivity index (χ1n) is 8.74. The van der Waals surface area contributed by atoms with E-state index in [1.807, 2.05) is 12.3 Å². The Hall–Kier alpha value is -2.14. The molecule has 5 heteroatoms. The Balaban J connectivity index is 2.08. The van der Waals surface area contributed by atoms with Gasteiger partial charge in [0.2, 0.25) is 0 Å². The van der Waals surface area contributed by atoms with Crippen LogP contribution in [0.25, 0.3) is 12.2 Å². The highest BCUT2D eigenvalue weighted by Gasteiger charge is 2.15. The molecule has 2 rings (SSSR count). The summed E-state index contributed by atoms with van der Waals surface area (Å²) in [6, 6.07) is 0. The standard InChI is InChI=1S/C19H29N5/c1-4-6-7-8-9-19(24-14-12-23(3)13-15-24)20-11-10-17-16-21-22-18(17)5-2/h5,8-11,16H,2,4,6-7,12-15H2,1,3H3,(H,21,22)/b9-8+,11-10+,20-19-. The number of rotatable bonds is 7. The number of H-pyrrole nitrogens is 1. The lowest BCUT2D eigenvalue weighted by molar-refractivity contribution is 0.216. The van der Waals surface area contributed by atoms with E-state index in [9.17, 15) is 0 Å². The van der Waals surface area contributed by atoms with E-state index in [0.717, 1.165) is 49.7 Å². The van der Waals surface area contributed by atoms with E-state index >= 15 is 0 Å². The number of allylic oxidation sites excluding steroid dienone is 1. The lowest BCUT2D eigenvalue weighted by Crippen LogP contribution is -2.46. The normalized spacial score (nSPS) is 17.2. The molecule has 1 fully saturated rings. The van der Waals surface area contributed by atoms with E-state index in [1.165, 1.54) is 12.8 Å². The maximum atomic E-state index is 4.70. The maximum Gasteiger partial charge on any atom is 0.128 e. The Morgan fingerprint density at radius 3 is 2.88 bits per heavy atom. The first-order chi connectivity index (χ1) is 11.7. The summed E-state index contributed by atoms with van der Waals surface area (Å²) in [5, 5.41) is 6.95. The molecule has 0 unspecified atom stereocenters. The van der Waals surface area contributed by atoms with Gasteiger partial charge in [0.15, 0.2) is 0 Å². The zero-order valence-corrected chi connectivity index (χ0v) is 14.9. The van der Waals surface area contributed by atoms with Crippen molar-refractivity contribution in [3.63, 3.8) is 0 Å². The van der Waals surface area contributed by atoms with Crippen LogP contribution in [0, 0.1) is 0 Å². The smallest absolute Gasteiger partial charge is 0.128 e. The van der Waals surface area contributed by atoms with Crippen LogP contribution in [0.15, 0.2) is 36.1 Å². The van der Waals surface area contributed by atoms with Gasteiger partial charge in [-0.25, -0.2) is 4.99 Å². The van der Waals surface area contributed by atoms with Crippen LogP contribution in [0.5, 0.6) is 0 Å². The number of hydrogen-bond donors (Lipinski definition) is 1. The van der Waals surface area contributed by atoms with Gasteiger partial charge in [0, 0.05) is 37.9 Å². The Morgan fingerprint density at radius 1 is 1.38 bits per heavy atom. The third kappa shape index (κ3) is 5.49. The number of amidine groups is 1. The van der Waals surface area contributed by atoms with Gasteiger partial charge in [-0.3, -0.25) is 5.10 Å². The molecule has 2 heterocycles. The van der Waals surface area contributed by atoms with Crippen molar-refractivity contribution >= 4 is 18.0 Å². The molecule has 1 saturated heterocycles. The molecule has 130 valence electrons. The molecule has 0 aromatic carbocycles. The van der Waals surface area contributed by atoms with Crippen molar-refractivity contribution in [2.24, 2.45) is 4.99 Å². The van der Waals surface area contributed by atoms with Crippen LogP contribution >= 0.6 is 0 Å². The van der Waals surface area contributed by atoms with Crippen molar-refractivity contribution < 1.29 is 0 Å². The van der Waals surface area contributed by atoms with Crippen LogP contribution in [-0.4, -0.2) is 59.1 Å². The number of nitrogens with one attached hydrogen (secondary N) is 1. The number of aromatic amines is 1. The quantitative estimate of drug-likeness (QED) is 0.474. The Morgan fingerprint density at radius 2 is 2.17 bits per heavy atom. The van der Waals surface area contributed by atoms with Gasteiger partial charge in [-0.15, -0.1) is 0 Å². The molecule has 1 aliphatic heterocycles. The molecular weight excluding hydrogens is 298 g/mol. The molecule has 24 heavy (non-hydrogen) atoms. The average molecular weight is 327 g/mol. The number of aromatic nitrogens is 2. The van der Waals surface area contributed by atoms with Gasteiger partial charge < -0.3 is 9.80 Å². The van der Waals surface area contributed by atoms with E-state index in [1.54, 1.807) is 12.3 Å². The summed E-state index contributed by atoms with van der Waals surface area (Å²) in [6.07, 6.45) is 15.3. The fourth-order valence-electron chi connectivity index (χ4n) is 2.57. The molecule has 0 atom stereocenters. The largest absolute Gasteiger partial charge is 0.354 e. The van der Waals surface area contributed by atoms with Crippen LogP contribution in [0.2, 0.25) is 0 Å². The summed E-state index contributed by atoms with van der Waals surface area (Å²) in [5.74, 6) is 1.04. The second kappa shape index (κ2) is 9.88. The Bertz CT molecular complexity index is 589. The molecule has 0 saturated carbocycles. The van der Waals surface area contributed by atoms with Crippen molar-refractivity contribution in [2.45, 2.75) is 26.2 Å². The van der Waals surface area contributed by atoms with Crippen molar-refractivity contribution in [1.29, 1.82) is 0 Å². The second-order valence-corrected chi connectivity index (χ2v) is 6.08. The first-order valence-corrected chi connectivity index (χ1v) is 8.74. The molecule has 0 aliphatic carbocycles. The lowest BCUT2D eigenvalue weighted by Gasteiger charge is -2.33. The lowest BCUT2D eigenvalue weighted by atomic mass is 10.2. The van der Waals surface area contributed by atoms with Gasteiger partial charge in [0.1, 0.15) is 5.84 Å². The molecule has 0 radical (unpaired) electrons. The molecule has 1 aromatic heterocycles. The molecule has 1 N–H and O–H groups in total. The molecule has 0 bridgehead atoms. The summed E-state index contributed by atoms with van der Waals surface area (Å²) >= 11 is 0. The average Bonchev–Trinajstić information content (AvgIpc) is 3.05. The number of unbranched alkanes of at least 4 members (excludes halogenated alkanes) is 2. The van der Waals surface area contributed by atoms with Crippen LogP contribution in [0.3, 0.4) is 0 Å². The predicted molar refractivity (Wildman–Crippen MR) is 103 cm³/mol. The summed E-state index contributed by atoms with van der Waals surface area (Å²) in [7, 11) is 2.17. The highest BCUT2D eigenvalue weighted by molar-refractivity contribution is 5.93. The fourth-order valence-corrected chi connectivity index (χ4v) is 2.57. The number of nitrogens with zero attached hydrogens (tertiary/aromatic N) is 4. The van der Waals surface area contributed by atoms with Crippen molar-refractivity contribution in [2.75, 3.05) is 33.2 Å². The topological polar surface area (TPSA) is 47.5 Å². The molecular formula is C19H29N5. The summed E-state index contributed by atoms with van der Waals surface area (Å²) in [6.45, 7) is 10.2. The van der Waals surface area contributed by atoms with E-state index in [4.69, 9.17) is 4.99 Å². The van der Waals surface area contributed by atoms with Gasteiger partial charge >= 0.3 is 0 Å². The minimum Gasteiger partial charge on any atom is -0.354 e. The number of likely N-dealkylation sites (N-methyl/N-ethyl adjacent to an activating group) is 1. The fraction of sp³-hybridized carbons (Fsp3) is 0.474. The van der Waals surface area contributed by atoms with Gasteiger partial charge in [0.25, 0.3) is 0 Å². The third-order valence-corrected chi connectivity index (χ3v) is 4.18. The molecule has 0 spiro atoms. The highest BCUT2D eigenvalue weighted by Crippen LogP contribution is 2.09. The molecule has 5 nitrogen and oxygen atoms in total. The molecule has 0 amide bonds. The zero-order chi connectivity index (χ0) is 17.2. The van der Waals surface area contributed by atoms with Crippen LogP contribution in [0.4, 0.5) is 0 Å². The predicted octanol–water partition coefficient (Wildman–Crippen LogP) is 3.42. The summed E-state index contributed by atoms with van der Waals surface area (Å²) in [5.41, 5.74) is 1.92. The van der Waals surface area contributed by atoms with Gasteiger partial charge in [-0.05, 0) is 31.7 Å². The molecule has 1 aromatic rings. The Kier molecular flexibility index (Phi) is 7.49. The van der Waals surface area contributed by atoms with E-state index in [0.29, 0.717) is 0 Å². The highest BCUT2D eigenvalue weighted by atomic mass is 15.3. The minimum absolute atomic E-state index is 0.918. The Labute approximate surface area is 145 Å². The number of hydrogen-bond acceptors (Lipinski definition) is 3. The molecule has 1 aliphatic rings. The monoisotopic (exact) mass is 327 g/mol. The van der Waals surface area contributed by atoms with E-state index < -0.39 is 0 Å². The number of piperazine rings is 1.